The summed E-state index contributed by atoms with van der Waals surface area (Å²) in [6, 6.07) is 18.5. The van der Waals surface area contributed by atoms with Crippen LogP contribution in [0.2, 0.25) is 0 Å². The molecule has 1 amide bonds. The van der Waals surface area contributed by atoms with E-state index >= 15 is 0 Å². The second-order valence-electron chi connectivity index (χ2n) is 5.44. The van der Waals surface area contributed by atoms with Crippen molar-refractivity contribution in [2.75, 3.05) is 5.43 Å². The fraction of sp³-hybridized carbons (Fsp3) is 0.111. The maximum atomic E-state index is 12.1. The van der Waals surface area contributed by atoms with Gasteiger partial charge in [-0.3, -0.25) is 15.6 Å². The molecule has 0 aliphatic rings. The molecule has 3 aromatic rings. The predicted molar refractivity (Wildman–Crippen MR) is 109 cm³/mol. The van der Waals surface area contributed by atoms with Crippen LogP contribution >= 0.6 is 17.0 Å². The van der Waals surface area contributed by atoms with Gasteiger partial charge in [0.15, 0.2) is 0 Å². The number of hydrogen-bond acceptors (Lipinski definition) is 6. The van der Waals surface area contributed by atoms with Gasteiger partial charge in [-0.2, -0.15) is 5.10 Å². The van der Waals surface area contributed by atoms with Gasteiger partial charge in [0.05, 0.1) is 17.9 Å². The largest absolute Gasteiger partial charge is 0.412 e. The number of anilines is 1. The number of benzene rings is 2. The second kappa shape index (κ2) is 11.0. The number of hydrazine groups is 1. The van der Waals surface area contributed by atoms with Crippen LogP contribution in [-0.4, -0.2) is 32.6 Å². The standard InChI is InChI=1S/C18H18N6O.BrH.H2O/c19-15(11-13-7-3-1-4-8-13)17(25)22-24-18-21-16(12-20-23-18)14-9-5-2-6-10-14;;/h1-10,12,15H,11,19H2,(H,22,25)(H,21,23,24);1H;1H2. The van der Waals surface area contributed by atoms with Crippen LogP contribution in [-0.2, 0) is 11.2 Å². The molecule has 142 valence electrons. The maximum Gasteiger partial charge on any atom is 0.262 e. The fourth-order valence-electron chi connectivity index (χ4n) is 2.28. The van der Waals surface area contributed by atoms with Crippen molar-refractivity contribution in [2.45, 2.75) is 12.5 Å². The first-order chi connectivity index (χ1) is 12.2. The monoisotopic (exact) mass is 432 g/mol. The minimum absolute atomic E-state index is 0. The third-order valence-electron chi connectivity index (χ3n) is 3.56. The molecule has 0 aliphatic heterocycles. The lowest BCUT2D eigenvalue weighted by Crippen LogP contribution is -2.44. The van der Waals surface area contributed by atoms with Gasteiger partial charge < -0.3 is 11.2 Å². The van der Waals surface area contributed by atoms with Crippen molar-refractivity contribution < 1.29 is 10.3 Å². The number of nitrogens with zero attached hydrogens (tertiary/aromatic N) is 3. The molecule has 1 atom stereocenters. The van der Waals surface area contributed by atoms with Crippen molar-refractivity contribution in [2.24, 2.45) is 5.73 Å². The molecule has 2 aromatic carbocycles. The number of aromatic nitrogens is 3. The zero-order chi connectivity index (χ0) is 17.5. The molecule has 0 spiro atoms. The Morgan fingerprint density at radius 2 is 1.67 bits per heavy atom. The average molecular weight is 433 g/mol. The van der Waals surface area contributed by atoms with E-state index in [0.29, 0.717) is 12.1 Å². The summed E-state index contributed by atoms with van der Waals surface area (Å²) >= 11 is 0. The Morgan fingerprint density at radius 1 is 1.04 bits per heavy atom. The molecule has 0 fully saturated rings. The van der Waals surface area contributed by atoms with E-state index in [9.17, 15) is 4.79 Å². The molecule has 27 heavy (non-hydrogen) atoms. The van der Waals surface area contributed by atoms with Crippen molar-refractivity contribution in [1.82, 2.24) is 20.6 Å². The zero-order valence-electron chi connectivity index (χ0n) is 14.4. The minimum atomic E-state index is -0.680. The summed E-state index contributed by atoms with van der Waals surface area (Å²) in [5.41, 5.74) is 13.7. The fourth-order valence-corrected chi connectivity index (χ4v) is 2.28. The van der Waals surface area contributed by atoms with Gasteiger partial charge in [-0.15, -0.1) is 22.1 Å². The van der Waals surface area contributed by atoms with E-state index in [1.54, 1.807) is 6.20 Å². The normalized spacial score (nSPS) is 10.7. The van der Waals surface area contributed by atoms with Crippen molar-refractivity contribution in [3.63, 3.8) is 0 Å². The Bertz CT molecular complexity index is 836. The minimum Gasteiger partial charge on any atom is -0.412 e. The van der Waals surface area contributed by atoms with Crippen LogP contribution in [0.15, 0.2) is 66.9 Å². The summed E-state index contributed by atoms with van der Waals surface area (Å²) in [6.45, 7) is 0. The van der Waals surface area contributed by atoms with E-state index in [1.807, 2.05) is 60.7 Å². The summed E-state index contributed by atoms with van der Waals surface area (Å²) < 4.78 is 0. The molecule has 0 saturated heterocycles. The van der Waals surface area contributed by atoms with Gasteiger partial charge >= 0.3 is 0 Å². The number of nitrogens with two attached hydrogens (primary N) is 1. The predicted octanol–water partition coefficient (Wildman–Crippen LogP) is 1.30. The van der Waals surface area contributed by atoms with Crippen molar-refractivity contribution >= 4 is 28.8 Å². The molecule has 3 rings (SSSR count). The van der Waals surface area contributed by atoms with E-state index in [0.717, 1.165) is 11.1 Å². The molecule has 8 nitrogen and oxygen atoms in total. The molecular weight excluding hydrogens is 412 g/mol. The molecule has 6 N–H and O–H groups in total. The van der Waals surface area contributed by atoms with Crippen molar-refractivity contribution in [3.8, 4) is 11.3 Å². The van der Waals surface area contributed by atoms with Crippen molar-refractivity contribution in [1.29, 1.82) is 0 Å². The van der Waals surface area contributed by atoms with Crippen LogP contribution < -0.4 is 16.6 Å². The molecule has 9 heteroatoms. The Morgan fingerprint density at radius 3 is 2.33 bits per heavy atom. The first-order valence-corrected chi connectivity index (χ1v) is 7.83. The van der Waals surface area contributed by atoms with E-state index in [2.05, 4.69) is 26.0 Å². The molecule has 0 radical (unpaired) electrons. The Hall–Kier alpha value is -2.88. The van der Waals surface area contributed by atoms with E-state index < -0.39 is 6.04 Å². The molecular formula is C18H21BrN6O2. The van der Waals surface area contributed by atoms with E-state index in [4.69, 9.17) is 5.73 Å². The summed E-state index contributed by atoms with van der Waals surface area (Å²) in [5.74, 6) is -0.154. The van der Waals surface area contributed by atoms with Gasteiger partial charge in [0.1, 0.15) is 0 Å². The molecule has 1 aromatic heterocycles. The summed E-state index contributed by atoms with van der Waals surface area (Å²) in [6.07, 6.45) is 2.00. The first-order valence-electron chi connectivity index (χ1n) is 7.83. The Kier molecular flexibility index (Phi) is 9.00. The molecule has 1 heterocycles. The SMILES string of the molecule is Br.NC(Cc1ccccc1)C(=O)NNc1nncc(-c2ccccc2)n1.O. The Labute approximate surface area is 167 Å². The smallest absolute Gasteiger partial charge is 0.262 e. The van der Waals surface area contributed by atoms with Crippen LogP contribution in [0.5, 0.6) is 0 Å². The summed E-state index contributed by atoms with van der Waals surface area (Å²) in [7, 11) is 0. The number of amides is 1. The molecule has 0 saturated carbocycles. The van der Waals surface area contributed by atoms with Gasteiger partial charge in [0, 0.05) is 5.56 Å². The van der Waals surface area contributed by atoms with Crippen LogP contribution in [0.3, 0.4) is 0 Å². The molecule has 1 unspecified atom stereocenters. The number of carbonyl (C=O) groups is 1. The van der Waals surface area contributed by atoms with Crippen molar-refractivity contribution in [3.05, 3.63) is 72.4 Å². The topological polar surface area (TPSA) is 137 Å². The lowest BCUT2D eigenvalue weighted by molar-refractivity contribution is -0.121. The highest BCUT2D eigenvalue weighted by atomic mass is 79.9. The van der Waals surface area contributed by atoms with Gasteiger partial charge in [0.25, 0.3) is 11.9 Å². The number of rotatable bonds is 6. The molecule has 0 aliphatic carbocycles. The van der Waals surface area contributed by atoms with Gasteiger partial charge in [-0.05, 0) is 12.0 Å². The van der Waals surface area contributed by atoms with Crippen LogP contribution in [0.1, 0.15) is 5.56 Å². The third kappa shape index (κ3) is 6.41. The highest BCUT2D eigenvalue weighted by molar-refractivity contribution is 8.93. The van der Waals surface area contributed by atoms with Crippen LogP contribution in [0, 0.1) is 0 Å². The average Bonchev–Trinajstić information content (AvgIpc) is 2.68. The summed E-state index contributed by atoms with van der Waals surface area (Å²) in [4.78, 5) is 16.4. The maximum absolute atomic E-state index is 12.1. The van der Waals surface area contributed by atoms with Gasteiger partial charge in [-0.25, -0.2) is 4.98 Å². The lowest BCUT2D eigenvalue weighted by Gasteiger charge is -2.13. The van der Waals surface area contributed by atoms with Crippen LogP contribution in [0.4, 0.5) is 5.95 Å². The van der Waals surface area contributed by atoms with E-state index in [-0.39, 0.29) is 34.3 Å². The molecule has 0 bridgehead atoms. The Balaban J connectivity index is 0.00000182. The highest BCUT2D eigenvalue weighted by Gasteiger charge is 2.14. The van der Waals surface area contributed by atoms with Crippen LogP contribution in [0.25, 0.3) is 11.3 Å². The van der Waals surface area contributed by atoms with Gasteiger partial charge in [0.2, 0.25) is 0 Å². The highest BCUT2D eigenvalue weighted by Crippen LogP contribution is 2.15. The first kappa shape index (κ1) is 22.2. The lowest BCUT2D eigenvalue weighted by atomic mass is 10.1. The number of halogens is 1. The summed E-state index contributed by atoms with van der Waals surface area (Å²) in [5, 5.41) is 7.75. The zero-order valence-corrected chi connectivity index (χ0v) is 16.1. The van der Waals surface area contributed by atoms with Gasteiger partial charge in [-0.1, -0.05) is 60.7 Å². The number of hydrogen-bond donors (Lipinski definition) is 3. The third-order valence-corrected chi connectivity index (χ3v) is 3.56. The quantitative estimate of drug-likeness (QED) is 0.501. The van der Waals surface area contributed by atoms with E-state index in [1.165, 1.54) is 0 Å². The number of nitrogens with one attached hydrogen (secondary N) is 2. The number of carbonyl (C=O) groups excluding carboxylic acids is 1. The second-order valence-corrected chi connectivity index (χ2v) is 5.44.